The SMILES string of the molecule is CCC(CC)(CBr)COCc1ccc2c(c1)OCO2. The number of alkyl halides is 1. The van der Waals surface area contributed by atoms with Gasteiger partial charge in [-0.1, -0.05) is 35.8 Å². The first-order valence-corrected chi connectivity index (χ1v) is 7.87. The Morgan fingerprint density at radius 2 is 1.95 bits per heavy atom. The minimum absolute atomic E-state index is 0.246. The summed E-state index contributed by atoms with van der Waals surface area (Å²) in [4.78, 5) is 0. The molecule has 1 aliphatic rings. The zero-order valence-electron chi connectivity index (χ0n) is 11.6. The summed E-state index contributed by atoms with van der Waals surface area (Å²) in [6.45, 7) is 6.15. The van der Waals surface area contributed by atoms with Gasteiger partial charge in [0.25, 0.3) is 0 Å². The zero-order chi connectivity index (χ0) is 13.7. The van der Waals surface area contributed by atoms with Crippen LogP contribution >= 0.6 is 15.9 Å². The van der Waals surface area contributed by atoms with Crippen LogP contribution < -0.4 is 9.47 Å². The van der Waals surface area contributed by atoms with E-state index in [2.05, 4.69) is 29.8 Å². The summed E-state index contributed by atoms with van der Waals surface area (Å²) in [6, 6.07) is 5.97. The second kappa shape index (κ2) is 6.62. The van der Waals surface area contributed by atoms with Crippen molar-refractivity contribution >= 4 is 15.9 Å². The normalized spacial score (nSPS) is 13.8. The van der Waals surface area contributed by atoms with Gasteiger partial charge < -0.3 is 14.2 Å². The Kier molecular flexibility index (Phi) is 5.11. The molecular weight excluding hydrogens is 308 g/mol. The molecule has 0 atom stereocenters. The Hall–Kier alpha value is -0.740. The molecule has 2 rings (SSSR count). The molecule has 0 aromatic heterocycles. The molecule has 0 saturated heterocycles. The number of ether oxygens (including phenoxy) is 3. The molecule has 19 heavy (non-hydrogen) atoms. The van der Waals surface area contributed by atoms with Crippen molar-refractivity contribution in [2.75, 3.05) is 18.7 Å². The average Bonchev–Trinajstić information content (AvgIpc) is 2.92. The number of hydrogen-bond donors (Lipinski definition) is 0. The summed E-state index contributed by atoms with van der Waals surface area (Å²) in [5.74, 6) is 1.64. The van der Waals surface area contributed by atoms with Gasteiger partial charge in [0.1, 0.15) is 0 Å². The summed E-state index contributed by atoms with van der Waals surface area (Å²) in [5, 5.41) is 0.980. The second-order valence-electron chi connectivity index (χ2n) is 5.02. The molecule has 1 aromatic carbocycles. The summed E-state index contributed by atoms with van der Waals surface area (Å²) in [7, 11) is 0. The van der Waals surface area contributed by atoms with Crippen molar-refractivity contribution in [1.82, 2.24) is 0 Å². The van der Waals surface area contributed by atoms with E-state index in [9.17, 15) is 0 Å². The van der Waals surface area contributed by atoms with Crippen LogP contribution in [0.15, 0.2) is 18.2 Å². The maximum Gasteiger partial charge on any atom is 0.231 e. The van der Waals surface area contributed by atoms with E-state index in [1.165, 1.54) is 0 Å². The molecule has 0 aliphatic carbocycles. The Morgan fingerprint density at radius 1 is 1.21 bits per heavy atom. The van der Waals surface area contributed by atoms with Crippen molar-refractivity contribution in [2.45, 2.75) is 33.3 Å². The monoisotopic (exact) mass is 328 g/mol. The van der Waals surface area contributed by atoms with Gasteiger partial charge in [0.05, 0.1) is 13.2 Å². The lowest BCUT2D eigenvalue weighted by Crippen LogP contribution is -2.27. The maximum absolute atomic E-state index is 5.89. The van der Waals surface area contributed by atoms with E-state index in [4.69, 9.17) is 14.2 Å². The molecular formula is C15H21BrO3. The molecule has 0 fully saturated rings. The van der Waals surface area contributed by atoms with Crippen molar-refractivity contribution < 1.29 is 14.2 Å². The molecule has 0 radical (unpaired) electrons. The highest BCUT2D eigenvalue weighted by Crippen LogP contribution is 2.33. The summed E-state index contributed by atoms with van der Waals surface area (Å²) < 4.78 is 16.6. The van der Waals surface area contributed by atoms with Crippen molar-refractivity contribution in [1.29, 1.82) is 0 Å². The third kappa shape index (κ3) is 3.42. The second-order valence-corrected chi connectivity index (χ2v) is 5.58. The molecule has 0 N–H and O–H groups in total. The maximum atomic E-state index is 5.89. The van der Waals surface area contributed by atoms with Gasteiger partial charge in [-0.25, -0.2) is 0 Å². The highest BCUT2D eigenvalue weighted by molar-refractivity contribution is 9.09. The number of halogens is 1. The predicted molar refractivity (Wildman–Crippen MR) is 79.0 cm³/mol. The van der Waals surface area contributed by atoms with Crippen LogP contribution in [0, 0.1) is 5.41 Å². The lowest BCUT2D eigenvalue weighted by molar-refractivity contribution is 0.0412. The van der Waals surface area contributed by atoms with Crippen molar-refractivity contribution in [3.05, 3.63) is 23.8 Å². The standard InChI is InChI=1S/C15H21BrO3/c1-3-15(4-2,9-16)10-17-8-12-5-6-13-14(7-12)19-11-18-13/h5-7H,3-4,8-11H2,1-2H3. The molecule has 0 unspecified atom stereocenters. The first-order chi connectivity index (χ1) is 9.23. The third-order valence-corrected chi connectivity index (χ3v) is 5.09. The van der Waals surface area contributed by atoms with Gasteiger partial charge in [0, 0.05) is 10.7 Å². The van der Waals surface area contributed by atoms with Crippen molar-refractivity contribution in [3.8, 4) is 11.5 Å². The number of rotatable bonds is 7. The van der Waals surface area contributed by atoms with E-state index >= 15 is 0 Å². The number of hydrogen-bond acceptors (Lipinski definition) is 3. The van der Waals surface area contributed by atoms with Crippen LogP contribution in [0.4, 0.5) is 0 Å². The summed E-state index contributed by atoms with van der Waals surface area (Å²) in [5.41, 5.74) is 1.37. The molecule has 1 heterocycles. The summed E-state index contributed by atoms with van der Waals surface area (Å²) >= 11 is 3.60. The number of fused-ring (bicyclic) bond motifs is 1. The molecule has 0 saturated carbocycles. The van der Waals surface area contributed by atoms with Gasteiger partial charge in [-0.05, 0) is 30.5 Å². The van der Waals surface area contributed by atoms with Gasteiger partial charge >= 0.3 is 0 Å². The van der Waals surface area contributed by atoms with E-state index in [0.29, 0.717) is 13.4 Å². The Balaban J connectivity index is 1.89. The Labute approximate surface area is 123 Å². The van der Waals surface area contributed by atoms with Crippen molar-refractivity contribution in [3.63, 3.8) is 0 Å². The Bertz CT molecular complexity index is 408. The van der Waals surface area contributed by atoms with Crippen LogP contribution in [0.1, 0.15) is 32.3 Å². The van der Waals surface area contributed by atoms with Gasteiger partial charge in [0.2, 0.25) is 6.79 Å². The van der Waals surface area contributed by atoms with Crippen LogP contribution in [-0.2, 0) is 11.3 Å². The minimum atomic E-state index is 0.246. The highest BCUT2D eigenvalue weighted by atomic mass is 79.9. The first kappa shape index (κ1) is 14.7. The van der Waals surface area contributed by atoms with E-state index in [-0.39, 0.29) is 5.41 Å². The molecule has 0 spiro atoms. The Morgan fingerprint density at radius 3 is 2.63 bits per heavy atom. The van der Waals surface area contributed by atoms with E-state index in [1.807, 2.05) is 18.2 Å². The quantitative estimate of drug-likeness (QED) is 0.704. The van der Waals surface area contributed by atoms with Crippen LogP contribution in [0.25, 0.3) is 0 Å². The zero-order valence-corrected chi connectivity index (χ0v) is 13.2. The fourth-order valence-corrected chi connectivity index (χ4v) is 3.05. The topological polar surface area (TPSA) is 27.7 Å². The van der Waals surface area contributed by atoms with Gasteiger partial charge in [-0.2, -0.15) is 0 Å². The van der Waals surface area contributed by atoms with Gasteiger partial charge in [-0.3, -0.25) is 0 Å². The lowest BCUT2D eigenvalue weighted by atomic mass is 9.86. The van der Waals surface area contributed by atoms with E-state index in [0.717, 1.165) is 41.8 Å². The lowest BCUT2D eigenvalue weighted by Gasteiger charge is -2.29. The molecule has 3 nitrogen and oxygen atoms in total. The molecule has 1 aromatic rings. The van der Waals surface area contributed by atoms with Crippen molar-refractivity contribution in [2.24, 2.45) is 5.41 Å². The first-order valence-electron chi connectivity index (χ1n) is 6.75. The van der Waals surface area contributed by atoms with Crippen LogP contribution in [0.5, 0.6) is 11.5 Å². The van der Waals surface area contributed by atoms with E-state index in [1.54, 1.807) is 0 Å². The van der Waals surface area contributed by atoms with Crippen LogP contribution in [0.3, 0.4) is 0 Å². The van der Waals surface area contributed by atoms with Crippen LogP contribution in [-0.4, -0.2) is 18.7 Å². The summed E-state index contributed by atoms with van der Waals surface area (Å²) in [6.07, 6.45) is 2.24. The molecule has 1 aliphatic heterocycles. The fourth-order valence-electron chi connectivity index (χ4n) is 2.10. The minimum Gasteiger partial charge on any atom is -0.454 e. The van der Waals surface area contributed by atoms with Crippen LogP contribution in [0.2, 0.25) is 0 Å². The molecule has 0 bridgehead atoms. The largest absolute Gasteiger partial charge is 0.454 e. The predicted octanol–water partition coefficient (Wildman–Crippen LogP) is 4.13. The van der Waals surface area contributed by atoms with Gasteiger partial charge in [0.15, 0.2) is 11.5 Å². The average molecular weight is 329 g/mol. The van der Waals surface area contributed by atoms with Gasteiger partial charge in [-0.15, -0.1) is 0 Å². The number of benzene rings is 1. The highest BCUT2D eigenvalue weighted by Gasteiger charge is 2.25. The van der Waals surface area contributed by atoms with E-state index < -0.39 is 0 Å². The molecule has 0 amide bonds. The smallest absolute Gasteiger partial charge is 0.231 e. The third-order valence-electron chi connectivity index (χ3n) is 3.90. The molecule has 106 valence electrons. The molecule has 4 heteroatoms. The fraction of sp³-hybridized carbons (Fsp3) is 0.600.